The molecule has 0 aliphatic carbocycles. The maximum atomic E-state index is 12.5. The molecule has 3 heterocycles. The van der Waals surface area contributed by atoms with Crippen LogP contribution in [0.2, 0.25) is 0 Å². The number of furan rings is 1. The molecular formula is C14H15N3O3S. The highest BCUT2D eigenvalue weighted by Gasteiger charge is 2.23. The van der Waals surface area contributed by atoms with Crippen LogP contribution in [0, 0.1) is 0 Å². The van der Waals surface area contributed by atoms with Crippen LogP contribution in [0.3, 0.4) is 0 Å². The molecule has 110 valence electrons. The zero-order valence-electron chi connectivity index (χ0n) is 11.6. The van der Waals surface area contributed by atoms with E-state index >= 15 is 0 Å². The molecule has 1 N–H and O–H groups in total. The lowest BCUT2D eigenvalue weighted by Gasteiger charge is -2.18. The molecule has 2 amide bonds. The van der Waals surface area contributed by atoms with Gasteiger partial charge < -0.3 is 14.6 Å². The number of aryl methyl sites for hydroxylation is 1. The van der Waals surface area contributed by atoms with Crippen LogP contribution in [-0.4, -0.2) is 28.2 Å². The fraction of sp³-hybridized carbons (Fsp3) is 0.357. The molecule has 6 nitrogen and oxygen atoms in total. The van der Waals surface area contributed by atoms with Gasteiger partial charge in [-0.3, -0.25) is 9.59 Å². The van der Waals surface area contributed by atoms with E-state index in [0.29, 0.717) is 23.9 Å². The fourth-order valence-corrected chi connectivity index (χ4v) is 3.09. The first-order chi connectivity index (χ1) is 10.1. The van der Waals surface area contributed by atoms with Crippen LogP contribution in [0.5, 0.6) is 0 Å². The number of anilines is 1. The minimum Gasteiger partial charge on any atom is -0.469 e. The van der Waals surface area contributed by atoms with Crippen LogP contribution in [-0.2, 0) is 17.8 Å². The average molecular weight is 305 g/mol. The molecule has 21 heavy (non-hydrogen) atoms. The number of nitrogens with zero attached hydrogens (tertiary/aromatic N) is 2. The van der Waals surface area contributed by atoms with Gasteiger partial charge in [-0.1, -0.05) is 0 Å². The van der Waals surface area contributed by atoms with Gasteiger partial charge in [-0.05, 0) is 12.5 Å². The second kappa shape index (κ2) is 5.69. The van der Waals surface area contributed by atoms with Crippen LogP contribution in [0.4, 0.5) is 5.13 Å². The van der Waals surface area contributed by atoms with Gasteiger partial charge in [-0.2, -0.15) is 0 Å². The van der Waals surface area contributed by atoms with E-state index in [1.54, 1.807) is 16.5 Å². The quantitative estimate of drug-likeness (QED) is 0.923. The van der Waals surface area contributed by atoms with Gasteiger partial charge in [-0.25, -0.2) is 4.98 Å². The Morgan fingerprint density at radius 1 is 1.48 bits per heavy atom. The zero-order valence-corrected chi connectivity index (χ0v) is 12.4. The highest BCUT2D eigenvalue weighted by molar-refractivity contribution is 7.14. The zero-order chi connectivity index (χ0) is 14.8. The van der Waals surface area contributed by atoms with Gasteiger partial charge in [0.15, 0.2) is 5.13 Å². The molecule has 2 aromatic heterocycles. The van der Waals surface area contributed by atoms with Crippen LogP contribution < -0.4 is 5.32 Å². The summed E-state index contributed by atoms with van der Waals surface area (Å²) in [6.07, 6.45) is 3.38. The monoisotopic (exact) mass is 305 g/mol. The Kier molecular flexibility index (Phi) is 3.74. The van der Waals surface area contributed by atoms with Crippen molar-refractivity contribution in [1.82, 2.24) is 9.88 Å². The van der Waals surface area contributed by atoms with E-state index in [2.05, 4.69) is 10.3 Å². The predicted octanol–water partition coefficient (Wildman–Crippen LogP) is 2.28. The molecule has 2 aromatic rings. The van der Waals surface area contributed by atoms with Crippen molar-refractivity contribution in [2.24, 2.45) is 0 Å². The number of hydrogen-bond donors (Lipinski definition) is 1. The number of fused-ring (bicyclic) bond motifs is 1. The molecule has 0 fully saturated rings. The topological polar surface area (TPSA) is 75.4 Å². The molecule has 0 radical (unpaired) electrons. The van der Waals surface area contributed by atoms with E-state index in [0.717, 1.165) is 24.2 Å². The van der Waals surface area contributed by atoms with Crippen molar-refractivity contribution in [3.8, 4) is 0 Å². The summed E-state index contributed by atoms with van der Waals surface area (Å²) < 4.78 is 5.42. The standard InChI is InChI=1S/C14H15N3O3S/c1-9(18)15-14-16-11(8-21-14)13(19)17-5-2-3-12-10(7-17)4-6-20-12/h4,6,8H,2-3,5,7H2,1H3,(H,15,16,18). The lowest BCUT2D eigenvalue weighted by atomic mass is 10.2. The van der Waals surface area contributed by atoms with Crippen molar-refractivity contribution in [1.29, 1.82) is 0 Å². The Hall–Kier alpha value is -2.15. The molecule has 0 bridgehead atoms. The molecule has 1 aliphatic heterocycles. The van der Waals surface area contributed by atoms with E-state index < -0.39 is 0 Å². The average Bonchev–Trinajstić information content (AvgIpc) is 3.02. The summed E-state index contributed by atoms with van der Waals surface area (Å²) in [6.45, 7) is 2.63. The molecule has 0 saturated heterocycles. The minimum absolute atomic E-state index is 0.114. The van der Waals surface area contributed by atoms with Crippen molar-refractivity contribution in [3.63, 3.8) is 0 Å². The second-order valence-corrected chi connectivity index (χ2v) is 5.78. The Bertz CT molecular complexity index is 677. The largest absolute Gasteiger partial charge is 0.469 e. The third-order valence-electron chi connectivity index (χ3n) is 3.32. The van der Waals surface area contributed by atoms with E-state index in [1.165, 1.54) is 18.3 Å². The molecule has 0 unspecified atom stereocenters. The molecule has 0 spiro atoms. The van der Waals surface area contributed by atoms with Crippen LogP contribution in [0.1, 0.15) is 35.2 Å². The number of nitrogens with one attached hydrogen (secondary N) is 1. The van der Waals surface area contributed by atoms with Gasteiger partial charge >= 0.3 is 0 Å². The smallest absolute Gasteiger partial charge is 0.273 e. The first-order valence-corrected chi connectivity index (χ1v) is 7.59. The van der Waals surface area contributed by atoms with E-state index in [4.69, 9.17) is 4.42 Å². The van der Waals surface area contributed by atoms with Gasteiger partial charge in [0.05, 0.1) is 6.26 Å². The number of carbonyl (C=O) groups excluding carboxylic acids is 2. The van der Waals surface area contributed by atoms with Crippen molar-refractivity contribution in [2.45, 2.75) is 26.3 Å². The summed E-state index contributed by atoms with van der Waals surface area (Å²) in [4.78, 5) is 29.5. The molecule has 0 aromatic carbocycles. The molecule has 1 aliphatic rings. The highest BCUT2D eigenvalue weighted by atomic mass is 32.1. The lowest BCUT2D eigenvalue weighted by molar-refractivity contribution is -0.114. The Morgan fingerprint density at radius 2 is 2.33 bits per heavy atom. The Labute approximate surface area is 125 Å². The summed E-state index contributed by atoms with van der Waals surface area (Å²) in [5, 5.41) is 4.71. The maximum Gasteiger partial charge on any atom is 0.273 e. The number of amides is 2. The molecule has 3 rings (SSSR count). The third kappa shape index (κ3) is 2.97. The Morgan fingerprint density at radius 3 is 3.14 bits per heavy atom. The summed E-state index contributed by atoms with van der Waals surface area (Å²) >= 11 is 1.25. The van der Waals surface area contributed by atoms with Gasteiger partial charge in [0.25, 0.3) is 5.91 Å². The molecule has 7 heteroatoms. The summed E-state index contributed by atoms with van der Waals surface area (Å²) in [7, 11) is 0. The predicted molar refractivity (Wildman–Crippen MR) is 78.2 cm³/mol. The maximum absolute atomic E-state index is 12.5. The summed E-state index contributed by atoms with van der Waals surface area (Å²) in [5.74, 6) is 0.653. The fourth-order valence-electron chi connectivity index (χ4n) is 2.36. The third-order valence-corrected chi connectivity index (χ3v) is 4.08. The van der Waals surface area contributed by atoms with Gasteiger partial charge in [0.1, 0.15) is 11.5 Å². The first kappa shape index (κ1) is 13.8. The number of thiazole rings is 1. The normalized spacial score (nSPS) is 14.4. The number of carbonyl (C=O) groups is 2. The van der Waals surface area contributed by atoms with Crippen LogP contribution in [0.15, 0.2) is 22.1 Å². The van der Waals surface area contributed by atoms with Gasteiger partial charge in [-0.15, -0.1) is 11.3 Å². The molecular weight excluding hydrogens is 290 g/mol. The second-order valence-electron chi connectivity index (χ2n) is 4.92. The van der Waals surface area contributed by atoms with Crippen molar-refractivity contribution >= 4 is 28.3 Å². The van der Waals surface area contributed by atoms with E-state index in [9.17, 15) is 9.59 Å². The van der Waals surface area contributed by atoms with Crippen molar-refractivity contribution in [2.75, 3.05) is 11.9 Å². The first-order valence-electron chi connectivity index (χ1n) is 6.71. The van der Waals surface area contributed by atoms with Crippen molar-refractivity contribution in [3.05, 3.63) is 34.7 Å². The number of hydrogen-bond acceptors (Lipinski definition) is 5. The van der Waals surface area contributed by atoms with Gasteiger partial charge in [0.2, 0.25) is 5.91 Å². The van der Waals surface area contributed by atoms with E-state index in [-0.39, 0.29) is 11.8 Å². The number of rotatable bonds is 2. The van der Waals surface area contributed by atoms with Crippen LogP contribution >= 0.6 is 11.3 Å². The van der Waals surface area contributed by atoms with Crippen molar-refractivity contribution < 1.29 is 14.0 Å². The van der Waals surface area contributed by atoms with E-state index in [1.807, 2.05) is 6.07 Å². The SMILES string of the molecule is CC(=O)Nc1nc(C(=O)N2CCCc3occc3C2)cs1. The molecule has 0 saturated carbocycles. The Balaban J connectivity index is 1.75. The van der Waals surface area contributed by atoms with Crippen LogP contribution in [0.25, 0.3) is 0 Å². The van der Waals surface area contributed by atoms with Gasteiger partial charge in [0, 0.05) is 37.4 Å². The number of aromatic nitrogens is 1. The minimum atomic E-state index is -0.193. The molecule has 0 atom stereocenters. The highest BCUT2D eigenvalue weighted by Crippen LogP contribution is 2.22. The summed E-state index contributed by atoms with van der Waals surface area (Å²) in [5.41, 5.74) is 1.42. The lowest BCUT2D eigenvalue weighted by Crippen LogP contribution is -2.30. The summed E-state index contributed by atoms with van der Waals surface area (Å²) in [6, 6.07) is 1.91.